The van der Waals surface area contributed by atoms with Gasteiger partial charge in [0.05, 0.1) is 6.20 Å². The molecule has 4 nitrogen and oxygen atoms in total. The van der Waals surface area contributed by atoms with Crippen LogP contribution in [0, 0.1) is 5.92 Å². The maximum Gasteiger partial charge on any atom is 0.0522 e. The molecule has 0 saturated heterocycles. The van der Waals surface area contributed by atoms with Crippen LogP contribution in [0.5, 0.6) is 0 Å². The van der Waals surface area contributed by atoms with Gasteiger partial charge in [0, 0.05) is 18.3 Å². The molecule has 2 atom stereocenters. The lowest BCUT2D eigenvalue weighted by Gasteiger charge is -2.32. The Morgan fingerprint density at radius 3 is 3.18 bits per heavy atom. The van der Waals surface area contributed by atoms with E-state index in [1.807, 2.05) is 6.20 Å². The highest BCUT2D eigenvalue weighted by molar-refractivity contribution is 5.22. The average Bonchev–Trinajstić information content (AvgIpc) is 2.80. The van der Waals surface area contributed by atoms with E-state index in [2.05, 4.69) is 22.4 Å². The van der Waals surface area contributed by atoms with Gasteiger partial charge in [0.25, 0.3) is 0 Å². The third kappa shape index (κ3) is 3.07. The van der Waals surface area contributed by atoms with Crippen LogP contribution < -0.4 is 5.32 Å². The first-order chi connectivity index (χ1) is 8.35. The summed E-state index contributed by atoms with van der Waals surface area (Å²) in [5, 5.41) is 19.8. The molecule has 0 amide bonds. The predicted octanol–water partition coefficient (Wildman–Crippen LogP) is 1.27. The van der Waals surface area contributed by atoms with E-state index >= 15 is 0 Å². The number of rotatable bonds is 6. The molecule has 2 rings (SSSR count). The van der Waals surface area contributed by atoms with Crippen LogP contribution >= 0.6 is 0 Å². The zero-order valence-electron chi connectivity index (χ0n) is 10.6. The molecule has 1 aromatic rings. The lowest BCUT2D eigenvalue weighted by Crippen LogP contribution is -2.42. The Hall–Kier alpha value is -0.870. The molecule has 1 aliphatic rings. The molecule has 96 valence electrons. The van der Waals surface area contributed by atoms with E-state index < -0.39 is 0 Å². The van der Waals surface area contributed by atoms with Crippen LogP contribution in [0.2, 0.25) is 0 Å². The molecule has 17 heavy (non-hydrogen) atoms. The number of aliphatic hydroxyl groups is 1. The zero-order chi connectivity index (χ0) is 12.1. The standard InChI is InChI=1S/C13H23N3O/c1-2-5-14-12-8-11-9-15-16-13(11)7-10(12)4-3-6-17/h9-10,12,14,17H,2-8H2,1H3,(H,15,16)/t10-,12-/m1/s1. The van der Waals surface area contributed by atoms with E-state index in [4.69, 9.17) is 5.11 Å². The van der Waals surface area contributed by atoms with Crippen molar-refractivity contribution in [1.82, 2.24) is 15.5 Å². The van der Waals surface area contributed by atoms with E-state index in [-0.39, 0.29) is 0 Å². The van der Waals surface area contributed by atoms with Crippen molar-refractivity contribution in [2.75, 3.05) is 13.2 Å². The lowest BCUT2D eigenvalue weighted by molar-refractivity contribution is 0.245. The first kappa shape index (κ1) is 12.6. The molecule has 0 aromatic carbocycles. The number of aromatic amines is 1. The molecule has 1 aromatic heterocycles. The quantitative estimate of drug-likeness (QED) is 0.698. The van der Waals surface area contributed by atoms with Crippen molar-refractivity contribution in [3.63, 3.8) is 0 Å². The molecule has 3 N–H and O–H groups in total. The third-order valence-electron chi connectivity index (χ3n) is 3.67. The Morgan fingerprint density at radius 2 is 2.41 bits per heavy atom. The van der Waals surface area contributed by atoms with Gasteiger partial charge < -0.3 is 10.4 Å². The lowest BCUT2D eigenvalue weighted by atomic mass is 9.81. The maximum atomic E-state index is 8.97. The van der Waals surface area contributed by atoms with Crippen molar-refractivity contribution < 1.29 is 5.11 Å². The number of H-pyrrole nitrogens is 1. The van der Waals surface area contributed by atoms with Gasteiger partial charge in [-0.2, -0.15) is 5.10 Å². The predicted molar refractivity (Wildman–Crippen MR) is 67.9 cm³/mol. The molecule has 0 unspecified atom stereocenters. The van der Waals surface area contributed by atoms with Gasteiger partial charge in [0.1, 0.15) is 0 Å². The fourth-order valence-electron chi connectivity index (χ4n) is 2.72. The second-order valence-corrected chi connectivity index (χ2v) is 4.97. The van der Waals surface area contributed by atoms with Crippen LogP contribution in [0.1, 0.15) is 37.4 Å². The zero-order valence-corrected chi connectivity index (χ0v) is 10.6. The van der Waals surface area contributed by atoms with E-state index in [0.717, 1.165) is 32.2 Å². The summed E-state index contributed by atoms with van der Waals surface area (Å²) in [4.78, 5) is 0. The summed E-state index contributed by atoms with van der Waals surface area (Å²) >= 11 is 0. The molecule has 4 heteroatoms. The van der Waals surface area contributed by atoms with Gasteiger partial charge >= 0.3 is 0 Å². The minimum atomic E-state index is 0.298. The highest BCUT2D eigenvalue weighted by Crippen LogP contribution is 2.27. The van der Waals surface area contributed by atoms with E-state index in [1.54, 1.807) is 0 Å². The molecule has 1 aliphatic carbocycles. The van der Waals surface area contributed by atoms with Gasteiger partial charge in [-0.1, -0.05) is 6.92 Å². The minimum Gasteiger partial charge on any atom is -0.396 e. The highest BCUT2D eigenvalue weighted by Gasteiger charge is 2.28. The molecule has 0 bridgehead atoms. The van der Waals surface area contributed by atoms with Crippen LogP contribution in [0.15, 0.2) is 6.20 Å². The number of nitrogens with one attached hydrogen (secondary N) is 2. The van der Waals surface area contributed by atoms with Gasteiger partial charge in [-0.05, 0) is 50.1 Å². The van der Waals surface area contributed by atoms with Crippen molar-refractivity contribution >= 4 is 0 Å². The first-order valence-corrected chi connectivity index (χ1v) is 6.70. The molecular weight excluding hydrogens is 214 g/mol. The molecular formula is C13H23N3O. The molecule has 0 spiro atoms. The number of nitrogens with zero attached hydrogens (tertiary/aromatic N) is 1. The monoisotopic (exact) mass is 237 g/mol. The molecule has 1 heterocycles. The van der Waals surface area contributed by atoms with Gasteiger partial charge in [0.15, 0.2) is 0 Å². The second-order valence-electron chi connectivity index (χ2n) is 4.97. The SMILES string of the molecule is CCCN[C@@H]1Cc2cn[nH]c2C[C@H]1CCCO. The summed E-state index contributed by atoms with van der Waals surface area (Å²) in [6.07, 6.45) is 7.26. The number of aliphatic hydroxyl groups excluding tert-OH is 1. The molecule has 0 saturated carbocycles. The molecule has 0 fully saturated rings. The summed E-state index contributed by atoms with van der Waals surface area (Å²) < 4.78 is 0. The maximum absolute atomic E-state index is 8.97. The van der Waals surface area contributed by atoms with Crippen LogP contribution in [0.25, 0.3) is 0 Å². The first-order valence-electron chi connectivity index (χ1n) is 6.70. The summed E-state index contributed by atoms with van der Waals surface area (Å²) in [6, 6.07) is 0.548. The topological polar surface area (TPSA) is 60.9 Å². The third-order valence-corrected chi connectivity index (χ3v) is 3.67. The van der Waals surface area contributed by atoms with E-state index in [0.29, 0.717) is 18.6 Å². The van der Waals surface area contributed by atoms with E-state index in [1.165, 1.54) is 17.7 Å². The Labute approximate surface area is 103 Å². The summed E-state index contributed by atoms with van der Waals surface area (Å²) in [5.74, 6) is 0.627. The highest BCUT2D eigenvalue weighted by atomic mass is 16.2. The van der Waals surface area contributed by atoms with Crippen molar-refractivity contribution in [3.8, 4) is 0 Å². The number of fused-ring (bicyclic) bond motifs is 1. The van der Waals surface area contributed by atoms with Crippen molar-refractivity contribution in [3.05, 3.63) is 17.5 Å². The molecule has 0 aliphatic heterocycles. The Morgan fingerprint density at radius 1 is 1.53 bits per heavy atom. The van der Waals surface area contributed by atoms with Crippen molar-refractivity contribution in [2.24, 2.45) is 5.92 Å². The smallest absolute Gasteiger partial charge is 0.0522 e. The van der Waals surface area contributed by atoms with Crippen molar-refractivity contribution in [2.45, 2.75) is 45.1 Å². The Bertz CT molecular complexity index is 307. The van der Waals surface area contributed by atoms with Gasteiger partial charge in [-0.15, -0.1) is 0 Å². The normalized spacial score (nSPS) is 23.6. The number of aromatic nitrogens is 2. The summed E-state index contributed by atoms with van der Waals surface area (Å²) in [6.45, 7) is 3.57. The van der Waals surface area contributed by atoms with Crippen LogP contribution in [-0.4, -0.2) is 34.5 Å². The van der Waals surface area contributed by atoms with Crippen molar-refractivity contribution in [1.29, 1.82) is 0 Å². The van der Waals surface area contributed by atoms with Gasteiger partial charge in [-0.25, -0.2) is 0 Å². The average molecular weight is 237 g/mol. The largest absolute Gasteiger partial charge is 0.396 e. The van der Waals surface area contributed by atoms with Crippen LogP contribution in [-0.2, 0) is 12.8 Å². The van der Waals surface area contributed by atoms with E-state index in [9.17, 15) is 0 Å². The number of hydrogen-bond donors (Lipinski definition) is 3. The fourth-order valence-corrected chi connectivity index (χ4v) is 2.72. The summed E-state index contributed by atoms with van der Waals surface area (Å²) in [7, 11) is 0. The summed E-state index contributed by atoms with van der Waals surface area (Å²) in [5.41, 5.74) is 2.65. The molecule has 0 radical (unpaired) electrons. The van der Waals surface area contributed by atoms with Crippen LogP contribution in [0.3, 0.4) is 0 Å². The Balaban J connectivity index is 2.00. The fraction of sp³-hybridized carbons (Fsp3) is 0.769. The second kappa shape index (κ2) is 6.17. The van der Waals surface area contributed by atoms with Crippen LogP contribution in [0.4, 0.5) is 0 Å². The Kier molecular flexibility index (Phi) is 4.57. The minimum absolute atomic E-state index is 0.298. The van der Waals surface area contributed by atoms with Gasteiger partial charge in [0.2, 0.25) is 0 Å². The van der Waals surface area contributed by atoms with Gasteiger partial charge in [-0.3, -0.25) is 5.10 Å². The number of hydrogen-bond acceptors (Lipinski definition) is 3.